The van der Waals surface area contributed by atoms with Crippen LogP contribution in [0.3, 0.4) is 0 Å². The van der Waals surface area contributed by atoms with Gasteiger partial charge in [0.05, 0.1) is 0 Å². The third kappa shape index (κ3) is 4.19. The van der Waals surface area contributed by atoms with Crippen molar-refractivity contribution in [3.63, 3.8) is 0 Å². The number of hydrogen-bond acceptors (Lipinski definition) is 1. The number of hydrogen-bond donors (Lipinski definition) is 1. The third-order valence-electron chi connectivity index (χ3n) is 0. The van der Waals surface area contributed by atoms with E-state index >= 15 is 0 Å². The molecule has 0 atom stereocenters. The van der Waals surface area contributed by atoms with Gasteiger partial charge in [-0.1, -0.05) is 0 Å². The lowest BCUT2D eigenvalue weighted by molar-refractivity contribution is 0.278. The molecule has 23 valence electrons. The molecule has 1 radical (unpaired) electrons. The predicted molar refractivity (Wildman–Crippen MR) is 9.35 cm³/mol. The molecular weight excluding hydrogens is 76.1 g/mol. The van der Waals surface area contributed by atoms with Crippen molar-refractivity contribution < 1.29 is 14.1 Å². The van der Waals surface area contributed by atoms with Gasteiger partial charge in [0.15, 0.2) is 0 Å². The van der Waals surface area contributed by atoms with E-state index in [1.807, 2.05) is 0 Å². The molecule has 4 heavy (non-hydrogen) atoms. The Hall–Kier alpha value is -0.383. The zero-order valence-corrected chi connectivity index (χ0v) is 2.76. The van der Waals surface area contributed by atoms with Crippen LogP contribution in [0, 0.1) is 0 Å². The van der Waals surface area contributed by atoms with E-state index < -0.39 is 9.17 Å². The smallest absolute Gasteiger partial charge is 0.510 e. The highest BCUT2D eigenvalue weighted by molar-refractivity contribution is 6.21. The summed E-state index contributed by atoms with van der Waals surface area (Å²) in [4.78, 5) is 15.7. The monoisotopic (exact) mass is 77.0 g/mol. The molecule has 0 aromatic rings. The Bertz CT molecular complexity index is 26.3. The second-order valence-corrected chi connectivity index (χ2v) is 0.798. The van der Waals surface area contributed by atoms with Crippen LogP contribution in [0.25, 0.3) is 0 Å². The highest BCUT2D eigenvalue weighted by Crippen LogP contribution is 1.30. The SMILES string of the molecule is [O][Si](=O)O. The molecule has 0 amide bonds. The van der Waals surface area contributed by atoms with Gasteiger partial charge in [0.1, 0.15) is 0 Å². The molecule has 4 heteroatoms. The van der Waals surface area contributed by atoms with Gasteiger partial charge in [-0.3, -0.25) is 9.26 Å². The lowest BCUT2D eigenvalue weighted by Crippen LogP contribution is -1.87. The Labute approximate surface area is 24.4 Å². The molecular formula is HO3Si. The van der Waals surface area contributed by atoms with Gasteiger partial charge in [-0.15, -0.1) is 0 Å². The molecule has 0 aromatic carbocycles. The zero-order valence-electron chi connectivity index (χ0n) is 1.76. The van der Waals surface area contributed by atoms with E-state index in [0.29, 0.717) is 0 Å². The second-order valence-electron chi connectivity index (χ2n) is 0.266. The lowest BCUT2D eigenvalue weighted by Gasteiger charge is -1.48. The van der Waals surface area contributed by atoms with Crippen molar-refractivity contribution in [1.82, 2.24) is 0 Å². The van der Waals surface area contributed by atoms with E-state index in [-0.39, 0.29) is 0 Å². The summed E-state index contributed by atoms with van der Waals surface area (Å²) in [5.74, 6) is 0. The molecule has 0 aliphatic heterocycles. The average molecular weight is 77.1 g/mol. The van der Waals surface area contributed by atoms with E-state index in [4.69, 9.17) is 14.1 Å². The van der Waals surface area contributed by atoms with Crippen LogP contribution in [-0.2, 0) is 9.26 Å². The standard InChI is InChI=1S/HO3Si/c1-4(2)3/h1H. The Morgan fingerprint density at radius 2 is 1.75 bits per heavy atom. The second kappa shape index (κ2) is 0.999. The fourth-order valence-corrected chi connectivity index (χ4v) is 0. The Morgan fingerprint density at radius 1 is 1.75 bits per heavy atom. The Balaban J connectivity index is 2.80. The first-order valence-electron chi connectivity index (χ1n) is 0.632. The molecule has 0 bridgehead atoms. The lowest BCUT2D eigenvalue weighted by atomic mass is 15.8. The summed E-state index contributed by atoms with van der Waals surface area (Å²) in [6, 6.07) is 0. The van der Waals surface area contributed by atoms with Gasteiger partial charge in [0.25, 0.3) is 0 Å². The Kier molecular flexibility index (Phi) is 0.903. The highest BCUT2D eigenvalue weighted by atomic mass is 28.3. The molecule has 0 unspecified atom stereocenters. The molecule has 0 spiro atoms. The molecule has 0 saturated heterocycles. The molecule has 0 saturated carbocycles. The molecule has 3 nitrogen and oxygen atoms in total. The summed E-state index contributed by atoms with van der Waals surface area (Å²) in [7, 11) is -3.38. The summed E-state index contributed by atoms with van der Waals surface area (Å²) in [5, 5.41) is 0. The van der Waals surface area contributed by atoms with E-state index in [9.17, 15) is 0 Å². The van der Waals surface area contributed by atoms with Crippen LogP contribution in [0.4, 0.5) is 0 Å². The first kappa shape index (κ1) is 3.62. The molecule has 0 aliphatic rings. The maximum Gasteiger partial charge on any atom is 0.807 e. The van der Waals surface area contributed by atoms with Gasteiger partial charge in [0.2, 0.25) is 0 Å². The predicted octanol–water partition coefficient (Wildman–Crippen LogP) is -1.18. The normalized spacial score (nSPS) is 6.00. The van der Waals surface area contributed by atoms with Crippen LogP contribution in [0.5, 0.6) is 0 Å². The van der Waals surface area contributed by atoms with E-state index in [1.165, 1.54) is 0 Å². The summed E-state index contributed by atoms with van der Waals surface area (Å²) >= 11 is 0. The molecule has 0 rings (SSSR count). The fourth-order valence-electron chi connectivity index (χ4n) is 0. The maximum absolute atomic E-state index is 8.63. The first-order valence-corrected chi connectivity index (χ1v) is 1.90. The summed E-state index contributed by atoms with van der Waals surface area (Å²) in [5.41, 5.74) is 0. The van der Waals surface area contributed by atoms with Gasteiger partial charge < -0.3 is 4.80 Å². The zero-order chi connectivity index (χ0) is 3.58. The minimum absolute atomic E-state index is 3.38. The van der Waals surface area contributed by atoms with Crippen molar-refractivity contribution in [1.29, 1.82) is 0 Å². The minimum Gasteiger partial charge on any atom is -0.510 e. The van der Waals surface area contributed by atoms with Gasteiger partial charge in [0, 0.05) is 0 Å². The highest BCUT2D eigenvalue weighted by Gasteiger charge is 1.91. The van der Waals surface area contributed by atoms with Crippen molar-refractivity contribution in [3.05, 3.63) is 0 Å². The van der Waals surface area contributed by atoms with Crippen LogP contribution < -0.4 is 0 Å². The molecule has 0 heterocycles. The molecule has 0 aliphatic carbocycles. The van der Waals surface area contributed by atoms with Gasteiger partial charge in [-0.2, -0.15) is 0 Å². The van der Waals surface area contributed by atoms with E-state index in [2.05, 4.69) is 0 Å². The number of rotatable bonds is 0. The van der Waals surface area contributed by atoms with Gasteiger partial charge >= 0.3 is 9.17 Å². The van der Waals surface area contributed by atoms with Crippen molar-refractivity contribution in [2.24, 2.45) is 0 Å². The van der Waals surface area contributed by atoms with Crippen LogP contribution in [-0.4, -0.2) is 14.0 Å². The molecule has 1 N–H and O–H groups in total. The summed E-state index contributed by atoms with van der Waals surface area (Å²) in [6.45, 7) is 0. The van der Waals surface area contributed by atoms with Crippen LogP contribution in [0.2, 0.25) is 0 Å². The molecule has 0 fully saturated rings. The van der Waals surface area contributed by atoms with Crippen LogP contribution in [0.1, 0.15) is 0 Å². The van der Waals surface area contributed by atoms with Gasteiger partial charge in [-0.05, 0) is 0 Å². The van der Waals surface area contributed by atoms with Crippen molar-refractivity contribution in [3.8, 4) is 0 Å². The van der Waals surface area contributed by atoms with Crippen molar-refractivity contribution >= 4 is 9.17 Å². The van der Waals surface area contributed by atoms with Crippen molar-refractivity contribution in [2.75, 3.05) is 0 Å². The van der Waals surface area contributed by atoms with Gasteiger partial charge in [-0.25, -0.2) is 0 Å². The summed E-state index contributed by atoms with van der Waals surface area (Å²) < 4.78 is 8.63. The largest absolute Gasteiger partial charge is 0.807 e. The average Bonchev–Trinajstić information content (AvgIpc) is 0.811. The van der Waals surface area contributed by atoms with Crippen LogP contribution in [0.15, 0.2) is 0 Å². The Morgan fingerprint density at radius 3 is 1.75 bits per heavy atom. The fraction of sp³-hybridized carbons (Fsp3) is 0. The topological polar surface area (TPSA) is 57.2 Å². The summed E-state index contributed by atoms with van der Waals surface area (Å²) in [6.07, 6.45) is 0. The van der Waals surface area contributed by atoms with E-state index in [1.54, 1.807) is 0 Å². The van der Waals surface area contributed by atoms with E-state index in [0.717, 1.165) is 0 Å². The quantitative estimate of drug-likeness (QED) is 0.370. The van der Waals surface area contributed by atoms with Crippen LogP contribution >= 0.6 is 0 Å². The third-order valence-corrected chi connectivity index (χ3v) is 0. The molecule has 0 aromatic heterocycles. The maximum atomic E-state index is 8.63. The van der Waals surface area contributed by atoms with Crippen molar-refractivity contribution in [2.45, 2.75) is 0 Å². The first-order chi connectivity index (χ1) is 1.73. The minimum atomic E-state index is -3.38.